The lowest BCUT2D eigenvalue weighted by molar-refractivity contribution is 0.0952. The molecule has 0 saturated carbocycles. The van der Waals surface area contributed by atoms with Crippen molar-refractivity contribution < 1.29 is 13.2 Å². The zero-order valence-corrected chi connectivity index (χ0v) is 17.9. The van der Waals surface area contributed by atoms with Crippen molar-refractivity contribution in [3.63, 3.8) is 0 Å². The van der Waals surface area contributed by atoms with Crippen LogP contribution in [0, 0.1) is 0 Å². The second-order valence-electron chi connectivity index (χ2n) is 6.76. The number of nitrogens with one attached hydrogen (secondary N) is 1. The number of benzene rings is 2. The summed E-state index contributed by atoms with van der Waals surface area (Å²) in [4.78, 5) is 14.6. The summed E-state index contributed by atoms with van der Waals surface area (Å²) in [5.41, 5.74) is 1.39. The fourth-order valence-electron chi connectivity index (χ4n) is 2.67. The average Bonchev–Trinajstić information content (AvgIpc) is 2.66. The van der Waals surface area contributed by atoms with E-state index in [1.54, 1.807) is 0 Å². The van der Waals surface area contributed by atoms with E-state index in [0.717, 1.165) is 23.8 Å². The first kappa shape index (κ1) is 22.4. The standard InChI is InChI=1S/C20H26ClN3O3S/c1-23(2)28(26,27)17-10-11-19(21)18(14-17)20(25)22-12-7-13-24(3)15-16-8-5-4-6-9-16/h4-6,8-11,14H,7,12-13,15H2,1-3H3,(H,22,25). The summed E-state index contributed by atoms with van der Waals surface area (Å²) in [5.74, 6) is -0.383. The molecule has 0 atom stereocenters. The van der Waals surface area contributed by atoms with Gasteiger partial charge in [-0.3, -0.25) is 4.79 Å². The molecule has 0 radical (unpaired) electrons. The van der Waals surface area contributed by atoms with Crippen molar-refractivity contribution in [3.05, 3.63) is 64.7 Å². The van der Waals surface area contributed by atoms with E-state index in [4.69, 9.17) is 11.6 Å². The maximum atomic E-state index is 12.4. The molecule has 2 rings (SSSR count). The Morgan fingerprint density at radius 2 is 1.75 bits per heavy atom. The van der Waals surface area contributed by atoms with Gasteiger partial charge in [-0.1, -0.05) is 41.9 Å². The SMILES string of the molecule is CN(CCCNC(=O)c1cc(S(=O)(=O)N(C)C)ccc1Cl)Cc1ccccc1. The number of sulfonamides is 1. The molecule has 0 fully saturated rings. The number of nitrogens with zero attached hydrogens (tertiary/aromatic N) is 2. The molecule has 0 aromatic heterocycles. The van der Waals surface area contributed by atoms with Crippen LogP contribution in [0.2, 0.25) is 5.02 Å². The third-order valence-corrected chi connectivity index (χ3v) is 6.40. The van der Waals surface area contributed by atoms with Gasteiger partial charge in [0.1, 0.15) is 0 Å². The lowest BCUT2D eigenvalue weighted by Gasteiger charge is -2.17. The van der Waals surface area contributed by atoms with Crippen LogP contribution in [0.4, 0.5) is 0 Å². The van der Waals surface area contributed by atoms with Gasteiger partial charge in [0.05, 0.1) is 15.5 Å². The molecule has 0 aliphatic rings. The largest absolute Gasteiger partial charge is 0.352 e. The Balaban J connectivity index is 1.89. The van der Waals surface area contributed by atoms with E-state index in [2.05, 4.69) is 22.3 Å². The van der Waals surface area contributed by atoms with Crippen LogP contribution in [0.15, 0.2) is 53.4 Å². The Hall–Kier alpha value is -1.93. The van der Waals surface area contributed by atoms with Crippen molar-refractivity contribution in [1.29, 1.82) is 0 Å². The van der Waals surface area contributed by atoms with Crippen LogP contribution >= 0.6 is 11.6 Å². The monoisotopic (exact) mass is 423 g/mol. The van der Waals surface area contributed by atoms with Gasteiger partial charge in [0.15, 0.2) is 0 Å². The molecule has 0 saturated heterocycles. The number of hydrogen-bond acceptors (Lipinski definition) is 4. The second-order valence-corrected chi connectivity index (χ2v) is 9.32. The van der Waals surface area contributed by atoms with Crippen LogP contribution in [0.5, 0.6) is 0 Å². The number of carbonyl (C=O) groups is 1. The molecule has 1 amide bonds. The zero-order valence-electron chi connectivity index (χ0n) is 16.4. The smallest absolute Gasteiger partial charge is 0.252 e. The van der Waals surface area contributed by atoms with E-state index < -0.39 is 10.0 Å². The summed E-state index contributed by atoms with van der Waals surface area (Å²) in [5, 5.41) is 3.03. The Labute approximate surface area is 172 Å². The van der Waals surface area contributed by atoms with E-state index in [-0.39, 0.29) is 21.4 Å². The highest BCUT2D eigenvalue weighted by Gasteiger charge is 2.20. The van der Waals surface area contributed by atoms with Crippen LogP contribution in [0.1, 0.15) is 22.3 Å². The Morgan fingerprint density at radius 1 is 1.07 bits per heavy atom. The maximum Gasteiger partial charge on any atom is 0.252 e. The Morgan fingerprint density at radius 3 is 2.39 bits per heavy atom. The van der Waals surface area contributed by atoms with Gasteiger partial charge in [-0.15, -0.1) is 0 Å². The molecule has 2 aromatic carbocycles. The van der Waals surface area contributed by atoms with E-state index in [1.807, 2.05) is 25.2 Å². The zero-order chi connectivity index (χ0) is 20.7. The summed E-state index contributed by atoms with van der Waals surface area (Å²) in [6.07, 6.45) is 0.766. The van der Waals surface area contributed by atoms with Crippen molar-refractivity contribution in [2.24, 2.45) is 0 Å². The molecule has 0 bridgehead atoms. The number of halogens is 1. The van der Waals surface area contributed by atoms with Gasteiger partial charge in [0.25, 0.3) is 5.91 Å². The first-order valence-electron chi connectivity index (χ1n) is 8.94. The van der Waals surface area contributed by atoms with Gasteiger partial charge in [-0.05, 0) is 43.8 Å². The minimum absolute atomic E-state index is 0.0367. The normalized spacial score (nSPS) is 11.8. The summed E-state index contributed by atoms with van der Waals surface area (Å²) < 4.78 is 25.6. The number of hydrogen-bond donors (Lipinski definition) is 1. The van der Waals surface area contributed by atoms with Crippen molar-refractivity contribution in [3.8, 4) is 0 Å². The minimum atomic E-state index is -3.63. The first-order valence-corrected chi connectivity index (χ1v) is 10.8. The molecular formula is C20H26ClN3O3S. The van der Waals surface area contributed by atoms with Crippen LogP contribution in [-0.2, 0) is 16.6 Å². The molecule has 8 heteroatoms. The third-order valence-electron chi connectivity index (χ3n) is 4.26. The van der Waals surface area contributed by atoms with Crippen LogP contribution in [0.25, 0.3) is 0 Å². The van der Waals surface area contributed by atoms with Crippen LogP contribution in [-0.4, -0.2) is 57.8 Å². The third kappa shape index (κ3) is 6.04. The summed E-state index contributed by atoms with van der Waals surface area (Å²) in [6, 6.07) is 14.3. The molecule has 0 aliphatic carbocycles. The van der Waals surface area contributed by atoms with Crippen molar-refractivity contribution >= 4 is 27.5 Å². The lowest BCUT2D eigenvalue weighted by atomic mass is 10.2. The summed E-state index contributed by atoms with van der Waals surface area (Å²) in [7, 11) is 1.28. The van der Waals surface area contributed by atoms with E-state index in [0.29, 0.717) is 6.54 Å². The van der Waals surface area contributed by atoms with Crippen molar-refractivity contribution in [2.75, 3.05) is 34.2 Å². The minimum Gasteiger partial charge on any atom is -0.352 e. The first-order chi connectivity index (χ1) is 13.2. The number of carbonyl (C=O) groups excluding carboxylic acids is 1. The fraction of sp³-hybridized carbons (Fsp3) is 0.350. The lowest BCUT2D eigenvalue weighted by Crippen LogP contribution is -2.29. The van der Waals surface area contributed by atoms with Gasteiger partial charge in [0, 0.05) is 27.2 Å². The topological polar surface area (TPSA) is 69.7 Å². The van der Waals surface area contributed by atoms with Gasteiger partial charge in [-0.2, -0.15) is 0 Å². The molecule has 0 unspecified atom stereocenters. The Kier molecular flexibility index (Phi) is 8.00. The highest BCUT2D eigenvalue weighted by atomic mass is 35.5. The van der Waals surface area contributed by atoms with E-state index >= 15 is 0 Å². The highest BCUT2D eigenvalue weighted by molar-refractivity contribution is 7.89. The van der Waals surface area contributed by atoms with Gasteiger partial charge in [0.2, 0.25) is 10.0 Å². The predicted octanol–water partition coefficient (Wildman–Crippen LogP) is 2.84. The molecule has 0 aliphatic heterocycles. The molecule has 152 valence electrons. The van der Waals surface area contributed by atoms with Crippen LogP contribution in [0.3, 0.4) is 0 Å². The molecule has 28 heavy (non-hydrogen) atoms. The van der Waals surface area contributed by atoms with E-state index in [9.17, 15) is 13.2 Å². The summed E-state index contributed by atoms with van der Waals surface area (Å²) >= 11 is 6.10. The maximum absolute atomic E-state index is 12.4. The molecule has 6 nitrogen and oxygen atoms in total. The molecule has 1 N–H and O–H groups in total. The highest BCUT2D eigenvalue weighted by Crippen LogP contribution is 2.22. The molecular weight excluding hydrogens is 398 g/mol. The van der Waals surface area contributed by atoms with Gasteiger partial charge >= 0.3 is 0 Å². The predicted molar refractivity (Wildman–Crippen MR) is 112 cm³/mol. The van der Waals surface area contributed by atoms with Gasteiger partial charge < -0.3 is 10.2 Å². The Bertz CT molecular complexity index is 902. The van der Waals surface area contributed by atoms with E-state index in [1.165, 1.54) is 37.9 Å². The van der Waals surface area contributed by atoms with Crippen molar-refractivity contribution in [2.45, 2.75) is 17.9 Å². The summed E-state index contributed by atoms with van der Waals surface area (Å²) in [6.45, 7) is 2.13. The van der Waals surface area contributed by atoms with Crippen molar-refractivity contribution in [1.82, 2.24) is 14.5 Å². The molecule has 0 spiro atoms. The van der Waals surface area contributed by atoms with Gasteiger partial charge in [-0.25, -0.2) is 12.7 Å². The second kappa shape index (κ2) is 10.0. The average molecular weight is 424 g/mol. The molecule has 0 heterocycles. The number of rotatable bonds is 9. The molecule has 2 aromatic rings. The fourth-order valence-corrected chi connectivity index (χ4v) is 3.80. The quantitative estimate of drug-likeness (QED) is 0.629. The number of amides is 1. The van der Waals surface area contributed by atoms with Crippen LogP contribution < -0.4 is 5.32 Å².